The highest BCUT2D eigenvalue weighted by Crippen LogP contribution is 2.39. The van der Waals surface area contributed by atoms with Crippen LogP contribution in [-0.4, -0.2) is 78.4 Å². The van der Waals surface area contributed by atoms with Gasteiger partial charge in [0.1, 0.15) is 11.5 Å². The monoisotopic (exact) mass is 462 g/mol. The molecule has 1 aromatic heterocycles. The van der Waals surface area contributed by atoms with Gasteiger partial charge < -0.3 is 19.2 Å². The highest BCUT2D eigenvalue weighted by Gasteiger charge is 2.48. The van der Waals surface area contributed by atoms with Gasteiger partial charge in [0.05, 0.1) is 12.2 Å². The van der Waals surface area contributed by atoms with E-state index in [4.69, 9.17) is 19.1 Å². The summed E-state index contributed by atoms with van der Waals surface area (Å²) in [6.45, 7) is 12.7. The number of nitrogens with zero attached hydrogens (tertiary/aromatic N) is 2. The smallest absolute Gasteiger partial charge is 0.475 e. The van der Waals surface area contributed by atoms with E-state index >= 15 is 0 Å². The first-order valence-corrected chi connectivity index (χ1v) is 10.7. The molecule has 32 heavy (non-hydrogen) atoms. The van der Waals surface area contributed by atoms with Crippen molar-refractivity contribution in [2.45, 2.75) is 64.1 Å². The third-order valence-electron chi connectivity index (χ3n) is 6.06. The number of hydrogen-bond acceptors (Lipinski definition) is 5. The summed E-state index contributed by atoms with van der Waals surface area (Å²) in [5.41, 5.74) is 0.804. The second-order valence-corrected chi connectivity index (χ2v) is 9.42. The van der Waals surface area contributed by atoms with E-state index in [0.29, 0.717) is 0 Å². The number of carbonyl (C=O) groups excluding carboxylic acids is 1. The SMILES string of the molecule is COCCN1CCC12CCCN(C(=O)c1cc(C(C)(C)C)oc1C)C2.O=C(O)C(F)(F)F. The Bertz CT molecular complexity index is 815. The van der Waals surface area contributed by atoms with Gasteiger partial charge in [-0.2, -0.15) is 13.2 Å². The molecule has 3 heterocycles. The number of halogens is 3. The van der Waals surface area contributed by atoms with E-state index in [1.807, 2.05) is 17.9 Å². The normalized spacial score (nSPS) is 21.7. The summed E-state index contributed by atoms with van der Waals surface area (Å²) in [4.78, 5) is 26.6. The number of carboxylic acid groups (broad SMARTS) is 1. The van der Waals surface area contributed by atoms with Gasteiger partial charge in [-0.25, -0.2) is 4.79 Å². The summed E-state index contributed by atoms with van der Waals surface area (Å²) < 4.78 is 42.9. The molecule has 182 valence electrons. The van der Waals surface area contributed by atoms with Gasteiger partial charge in [-0.15, -0.1) is 0 Å². The number of carbonyl (C=O) groups is 2. The van der Waals surface area contributed by atoms with E-state index in [-0.39, 0.29) is 16.9 Å². The number of ether oxygens (including phenoxy) is 1. The zero-order valence-electron chi connectivity index (χ0n) is 19.3. The molecule has 0 saturated carbocycles. The lowest BCUT2D eigenvalue weighted by Gasteiger charge is -2.57. The van der Waals surface area contributed by atoms with Crippen LogP contribution in [0.25, 0.3) is 0 Å². The molecule has 1 N–H and O–H groups in total. The maximum Gasteiger partial charge on any atom is 0.490 e. The zero-order valence-corrected chi connectivity index (χ0v) is 19.3. The highest BCUT2D eigenvalue weighted by atomic mass is 19.4. The summed E-state index contributed by atoms with van der Waals surface area (Å²) in [6, 6.07) is 1.95. The minimum absolute atomic E-state index is 0.0860. The molecule has 1 atom stereocenters. The highest BCUT2D eigenvalue weighted by molar-refractivity contribution is 5.95. The summed E-state index contributed by atoms with van der Waals surface area (Å²) in [5.74, 6) is -1.02. The van der Waals surface area contributed by atoms with Crippen molar-refractivity contribution in [2.24, 2.45) is 0 Å². The Morgan fingerprint density at radius 1 is 1.22 bits per heavy atom. The quantitative estimate of drug-likeness (QED) is 0.732. The average molecular weight is 463 g/mol. The predicted molar refractivity (Wildman–Crippen MR) is 112 cm³/mol. The largest absolute Gasteiger partial charge is 0.490 e. The first-order chi connectivity index (χ1) is 14.7. The number of likely N-dealkylation sites (tertiary alicyclic amines) is 2. The maximum absolute atomic E-state index is 13.1. The lowest BCUT2D eigenvalue weighted by molar-refractivity contribution is -0.192. The molecule has 10 heteroatoms. The van der Waals surface area contributed by atoms with Crippen LogP contribution in [0.3, 0.4) is 0 Å². The average Bonchev–Trinajstić information content (AvgIpc) is 3.09. The fraction of sp³-hybridized carbons (Fsp3) is 0.727. The molecule has 1 spiro atoms. The van der Waals surface area contributed by atoms with Crippen molar-refractivity contribution in [1.82, 2.24) is 9.80 Å². The molecular weight excluding hydrogens is 429 g/mol. The van der Waals surface area contributed by atoms with E-state index < -0.39 is 12.1 Å². The molecule has 2 saturated heterocycles. The van der Waals surface area contributed by atoms with Crippen molar-refractivity contribution < 1.29 is 37.0 Å². The Morgan fingerprint density at radius 3 is 2.28 bits per heavy atom. The minimum atomic E-state index is -5.08. The van der Waals surface area contributed by atoms with Crippen LogP contribution in [0.15, 0.2) is 10.5 Å². The van der Waals surface area contributed by atoms with Crippen molar-refractivity contribution in [1.29, 1.82) is 0 Å². The number of piperidine rings is 1. The Labute approximate surface area is 186 Å². The fourth-order valence-corrected chi connectivity index (χ4v) is 4.12. The molecule has 0 bridgehead atoms. The van der Waals surface area contributed by atoms with E-state index in [0.717, 1.165) is 56.3 Å². The number of aliphatic carboxylic acids is 1. The van der Waals surface area contributed by atoms with Gasteiger partial charge in [0.15, 0.2) is 0 Å². The number of alkyl halides is 3. The van der Waals surface area contributed by atoms with Crippen LogP contribution >= 0.6 is 0 Å². The van der Waals surface area contributed by atoms with Gasteiger partial charge in [0.2, 0.25) is 0 Å². The van der Waals surface area contributed by atoms with Crippen molar-refractivity contribution in [3.05, 3.63) is 23.2 Å². The lowest BCUT2D eigenvalue weighted by atomic mass is 9.77. The summed E-state index contributed by atoms with van der Waals surface area (Å²) in [6.07, 6.45) is -1.66. The standard InChI is InChI=1S/C20H32N2O3.C2HF3O2/c1-15-16(13-17(25-15)19(2,3)4)18(23)21-9-6-7-20(14-21)8-10-22(20)11-12-24-5;3-2(4,5)1(6)7/h13H,6-12,14H2,1-5H3;(H,6,7). The summed E-state index contributed by atoms with van der Waals surface area (Å²) >= 11 is 0. The van der Waals surface area contributed by atoms with Crippen LogP contribution in [-0.2, 0) is 14.9 Å². The molecular formula is C22H33F3N2O5. The first-order valence-electron chi connectivity index (χ1n) is 10.7. The minimum Gasteiger partial charge on any atom is -0.475 e. The second kappa shape index (κ2) is 9.82. The van der Waals surface area contributed by atoms with Crippen LogP contribution in [0, 0.1) is 6.92 Å². The Hall–Kier alpha value is -2.07. The van der Waals surface area contributed by atoms with Crippen LogP contribution in [0.2, 0.25) is 0 Å². The van der Waals surface area contributed by atoms with Gasteiger partial charge in [0.25, 0.3) is 5.91 Å². The third kappa shape index (κ3) is 6.04. The zero-order chi connectivity index (χ0) is 24.3. The van der Waals surface area contributed by atoms with Gasteiger partial charge in [-0.05, 0) is 32.3 Å². The molecule has 1 aromatic rings. The molecule has 2 aliphatic heterocycles. The predicted octanol–water partition coefficient (Wildman–Crippen LogP) is 3.85. The third-order valence-corrected chi connectivity index (χ3v) is 6.06. The molecule has 2 aliphatic rings. The van der Waals surface area contributed by atoms with Crippen molar-refractivity contribution >= 4 is 11.9 Å². The van der Waals surface area contributed by atoms with Crippen molar-refractivity contribution in [3.63, 3.8) is 0 Å². The van der Waals surface area contributed by atoms with Gasteiger partial charge in [-0.1, -0.05) is 20.8 Å². The maximum atomic E-state index is 13.1. The number of hydrogen-bond donors (Lipinski definition) is 1. The molecule has 1 amide bonds. The Balaban J connectivity index is 0.000000451. The van der Waals surface area contributed by atoms with Gasteiger partial charge >= 0.3 is 12.1 Å². The van der Waals surface area contributed by atoms with Crippen LogP contribution < -0.4 is 0 Å². The second-order valence-electron chi connectivity index (χ2n) is 9.42. The number of aryl methyl sites for hydroxylation is 1. The first kappa shape index (κ1) is 26.2. The van der Waals surface area contributed by atoms with Crippen LogP contribution in [0.1, 0.15) is 61.9 Å². The summed E-state index contributed by atoms with van der Waals surface area (Å²) in [7, 11) is 1.75. The number of furan rings is 1. The van der Waals surface area contributed by atoms with Crippen molar-refractivity contribution in [2.75, 3.05) is 39.9 Å². The van der Waals surface area contributed by atoms with E-state index in [1.54, 1.807) is 7.11 Å². The van der Waals surface area contributed by atoms with Crippen molar-refractivity contribution in [3.8, 4) is 0 Å². The number of amides is 1. The van der Waals surface area contributed by atoms with Crippen LogP contribution in [0.4, 0.5) is 13.2 Å². The van der Waals surface area contributed by atoms with Gasteiger partial charge in [-0.3, -0.25) is 9.69 Å². The summed E-state index contributed by atoms with van der Waals surface area (Å²) in [5, 5.41) is 7.12. The number of methoxy groups -OCH3 is 1. The van der Waals surface area contributed by atoms with E-state index in [2.05, 4.69) is 25.7 Å². The Kier molecular flexibility index (Phi) is 8.04. The molecule has 0 radical (unpaired) electrons. The van der Waals surface area contributed by atoms with Crippen LogP contribution in [0.5, 0.6) is 0 Å². The topological polar surface area (TPSA) is 83.2 Å². The fourth-order valence-electron chi connectivity index (χ4n) is 4.12. The number of carboxylic acids is 1. The lowest BCUT2D eigenvalue weighted by Crippen LogP contribution is -2.67. The molecule has 7 nitrogen and oxygen atoms in total. The van der Waals surface area contributed by atoms with E-state index in [1.165, 1.54) is 12.8 Å². The molecule has 1 unspecified atom stereocenters. The number of rotatable bonds is 4. The molecule has 0 aliphatic carbocycles. The Morgan fingerprint density at radius 2 is 1.84 bits per heavy atom. The van der Waals surface area contributed by atoms with E-state index in [9.17, 15) is 18.0 Å². The molecule has 2 fully saturated rings. The van der Waals surface area contributed by atoms with Gasteiger partial charge in [0, 0.05) is 44.2 Å². The molecule has 0 aromatic carbocycles. The molecule has 3 rings (SSSR count).